The molecule has 0 radical (unpaired) electrons. The molecule has 4 rings (SSSR count). The zero-order valence-corrected chi connectivity index (χ0v) is 19.9. The highest BCUT2D eigenvalue weighted by atomic mass is 16.5. The maximum absolute atomic E-state index is 10.3. The Morgan fingerprint density at radius 3 is 2.24 bits per heavy atom. The second-order valence-corrected chi connectivity index (χ2v) is 12.9. The predicted octanol–water partition coefficient (Wildman–Crippen LogP) is 6.79. The van der Waals surface area contributed by atoms with Crippen LogP contribution in [0.5, 0.6) is 0 Å². The molecule has 2 nitrogen and oxygen atoms in total. The van der Waals surface area contributed by atoms with Crippen LogP contribution < -0.4 is 0 Å². The summed E-state index contributed by atoms with van der Waals surface area (Å²) in [6.07, 6.45) is 14.7. The summed E-state index contributed by atoms with van der Waals surface area (Å²) >= 11 is 0. The molecule has 0 spiro atoms. The Morgan fingerprint density at radius 1 is 0.793 bits per heavy atom. The molecule has 0 heterocycles. The largest absolute Gasteiger partial charge is 0.366 e. The highest BCUT2D eigenvalue weighted by Crippen LogP contribution is 2.68. The minimum atomic E-state index is -1.40. The lowest BCUT2D eigenvalue weighted by molar-refractivity contribution is -0.233. The molecule has 2 N–H and O–H groups in total. The summed E-state index contributed by atoms with van der Waals surface area (Å²) < 4.78 is 0. The molecule has 8 atom stereocenters. The average molecular weight is 405 g/mol. The SMILES string of the molecule is CC(C)CCC[C@@H](C)[C@H]1CC[C@H]2[C@@H]3CC[C@@H]4CC(O)(O)CC[C@]4(C)[C@H]3CC[C@]12C. The standard InChI is InChI=1S/C27H48O2/c1-18(2)7-6-8-19(3)22-11-12-23-21-10-9-20-17-27(28,29)16-15-25(20,4)24(21)13-14-26(22,23)5/h18-24,28-29H,6-17H2,1-5H3/t19-,20-,21+,22-,23+,24+,25+,26-/m1/s1. The molecule has 4 saturated carbocycles. The molecule has 0 aliphatic heterocycles. The topological polar surface area (TPSA) is 40.5 Å². The molecular formula is C27H48O2. The quantitative estimate of drug-likeness (QED) is 0.495. The minimum absolute atomic E-state index is 0.347. The number of hydrogen-bond acceptors (Lipinski definition) is 2. The van der Waals surface area contributed by atoms with Crippen molar-refractivity contribution in [3.8, 4) is 0 Å². The Kier molecular flexibility index (Phi) is 5.95. The first-order chi connectivity index (χ1) is 13.6. The van der Waals surface area contributed by atoms with Gasteiger partial charge in [-0.2, -0.15) is 0 Å². The van der Waals surface area contributed by atoms with Crippen LogP contribution in [0, 0.1) is 52.3 Å². The van der Waals surface area contributed by atoms with Gasteiger partial charge in [-0.15, -0.1) is 0 Å². The van der Waals surface area contributed by atoms with Crippen LogP contribution in [0.3, 0.4) is 0 Å². The second kappa shape index (κ2) is 7.80. The van der Waals surface area contributed by atoms with Crippen LogP contribution in [0.15, 0.2) is 0 Å². The summed E-state index contributed by atoms with van der Waals surface area (Å²) in [5.41, 5.74) is 0.911. The number of rotatable bonds is 5. The molecule has 0 aromatic heterocycles. The Morgan fingerprint density at radius 2 is 1.52 bits per heavy atom. The molecule has 4 aliphatic carbocycles. The molecule has 4 aliphatic rings. The van der Waals surface area contributed by atoms with Gasteiger partial charge in [0.2, 0.25) is 0 Å². The zero-order chi connectivity index (χ0) is 21.0. The van der Waals surface area contributed by atoms with Crippen LogP contribution in [0.2, 0.25) is 0 Å². The fourth-order valence-corrected chi connectivity index (χ4v) is 9.25. The van der Waals surface area contributed by atoms with E-state index in [0.717, 1.165) is 41.9 Å². The molecule has 0 amide bonds. The van der Waals surface area contributed by atoms with Crippen molar-refractivity contribution in [2.45, 2.75) is 117 Å². The van der Waals surface area contributed by atoms with Gasteiger partial charge in [-0.05, 0) is 97.2 Å². The first-order valence-corrected chi connectivity index (χ1v) is 13.0. The minimum Gasteiger partial charge on any atom is -0.366 e. The molecule has 2 heteroatoms. The summed E-state index contributed by atoms with van der Waals surface area (Å²) in [4.78, 5) is 0. The molecule has 0 aromatic carbocycles. The molecule has 0 aromatic rings. The second-order valence-electron chi connectivity index (χ2n) is 12.9. The van der Waals surface area contributed by atoms with Crippen LogP contribution in [0.4, 0.5) is 0 Å². The lowest BCUT2D eigenvalue weighted by Gasteiger charge is -2.61. The predicted molar refractivity (Wildman–Crippen MR) is 120 cm³/mol. The number of aliphatic hydroxyl groups is 2. The fourth-order valence-electron chi connectivity index (χ4n) is 9.25. The van der Waals surface area contributed by atoms with Gasteiger partial charge in [0.15, 0.2) is 5.79 Å². The maximum atomic E-state index is 10.3. The Bertz CT molecular complexity index is 583. The highest BCUT2D eigenvalue weighted by Gasteiger charge is 2.61. The van der Waals surface area contributed by atoms with Crippen molar-refractivity contribution in [3.63, 3.8) is 0 Å². The Labute approximate surface area is 180 Å². The van der Waals surface area contributed by atoms with E-state index >= 15 is 0 Å². The van der Waals surface area contributed by atoms with Gasteiger partial charge in [-0.25, -0.2) is 0 Å². The van der Waals surface area contributed by atoms with E-state index in [1.54, 1.807) is 0 Å². The van der Waals surface area contributed by atoms with E-state index in [9.17, 15) is 10.2 Å². The van der Waals surface area contributed by atoms with Crippen LogP contribution >= 0.6 is 0 Å². The van der Waals surface area contributed by atoms with Crippen LogP contribution in [0.25, 0.3) is 0 Å². The van der Waals surface area contributed by atoms with Crippen molar-refractivity contribution in [1.29, 1.82) is 0 Å². The lowest BCUT2D eigenvalue weighted by Crippen LogP contribution is -2.56. The summed E-state index contributed by atoms with van der Waals surface area (Å²) in [5, 5.41) is 20.5. The van der Waals surface area contributed by atoms with Crippen LogP contribution in [-0.2, 0) is 0 Å². The monoisotopic (exact) mass is 404 g/mol. The molecule has 0 saturated heterocycles. The summed E-state index contributed by atoms with van der Waals surface area (Å²) in [6, 6.07) is 0. The normalized spacial score (nSPS) is 47.4. The third-order valence-corrected chi connectivity index (χ3v) is 10.9. The smallest absolute Gasteiger partial charge is 0.162 e. The van der Waals surface area contributed by atoms with E-state index in [-0.39, 0.29) is 0 Å². The molecule has 4 fully saturated rings. The van der Waals surface area contributed by atoms with Crippen molar-refractivity contribution in [3.05, 3.63) is 0 Å². The van der Waals surface area contributed by atoms with Gasteiger partial charge in [0.05, 0.1) is 0 Å². The molecule has 168 valence electrons. The van der Waals surface area contributed by atoms with Crippen LogP contribution in [0.1, 0.15) is 112 Å². The zero-order valence-electron chi connectivity index (χ0n) is 19.9. The van der Waals surface area contributed by atoms with Crippen molar-refractivity contribution in [1.82, 2.24) is 0 Å². The Hall–Kier alpha value is -0.0800. The van der Waals surface area contributed by atoms with Crippen molar-refractivity contribution >= 4 is 0 Å². The van der Waals surface area contributed by atoms with E-state index in [1.807, 2.05) is 0 Å². The third-order valence-electron chi connectivity index (χ3n) is 10.9. The lowest BCUT2D eigenvalue weighted by atomic mass is 9.44. The highest BCUT2D eigenvalue weighted by molar-refractivity contribution is 5.10. The average Bonchev–Trinajstić information content (AvgIpc) is 2.99. The summed E-state index contributed by atoms with van der Waals surface area (Å²) in [6.45, 7) is 12.5. The van der Waals surface area contributed by atoms with Crippen molar-refractivity contribution in [2.24, 2.45) is 52.3 Å². The van der Waals surface area contributed by atoms with Crippen molar-refractivity contribution < 1.29 is 10.2 Å². The Balaban J connectivity index is 1.46. The molecule has 0 bridgehead atoms. The van der Waals surface area contributed by atoms with E-state index in [1.165, 1.54) is 57.8 Å². The maximum Gasteiger partial charge on any atom is 0.162 e. The van der Waals surface area contributed by atoms with E-state index < -0.39 is 5.79 Å². The van der Waals surface area contributed by atoms with Gasteiger partial charge in [-0.3, -0.25) is 0 Å². The summed E-state index contributed by atoms with van der Waals surface area (Å²) in [5.74, 6) is 4.41. The van der Waals surface area contributed by atoms with Crippen molar-refractivity contribution in [2.75, 3.05) is 0 Å². The van der Waals surface area contributed by atoms with Crippen LogP contribution in [-0.4, -0.2) is 16.0 Å². The van der Waals surface area contributed by atoms with Gasteiger partial charge in [0, 0.05) is 12.8 Å². The van der Waals surface area contributed by atoms with E-state index in [0.29, 0.717) is 29.6 Å². The first kappa shape index (κ1) is 22.1. The van der Waals surface area contributed by atoms with Gasteiger partial charge >= 0.3 is 0 Å². The van der Waals surface area contributed by atoms with Gasteiger partial charge in [0.25, 0.3) is 0 Å². The van der Waals surface area contributed by atoms with Gasteiger partial charge in [-0.1, -0.05) is 53.9 Å². The summed E-state index contributed by atoms with van der Waals surface area (Å²) in [7, 11) is 0. The van der Waals surface area contributed by atoms with E-state index in [2.05, 4.69) is 34.6 Å². The molecular weight excluding hydrogens is 356 g/mol. The van der Waals surface area contributed by atoms with E-state index in [4.69, 9.17) is 0 Å². The number of hydrogen-bond donors (Lipinski definition) is 2. The first-order valence-electron chi connectivity index (χ1n) is 13.0. The van der Waals surface area contributed by atoms with Gasteiger partial charge in [0.1, 0.15) is 0 Å². The molecule has 29 heavy (non-hydrogen) atoms. The third kappa shape index (κ3) is 3.84. The fraction of sp³-hybridized carbons (Fsp3) is 1.00. The molecule has 0 unspecified atom stereocenters. The number of fused-ring (bicyclic) bond motifs is 5. The van der Waals surface area contributed by atoms with Gasteiger partial charge < -0.3 is 10.2 Å².